The van der Waals surface area contributed by atoms with Gasteiger partial charge in [0.25, 0.3) is 0 Å². The molecule has 0 bridgehead atoms. The van der Waals surface area contributed by atoms with E-state index in [2.05, 4.69) is 25.2 Å². The summed E-state index contributed by atoms with van der Waals surface area (Å²) in [6, 6.07) is 3.40. The molecule has 8 atom stereocenters. The summed E-state index contributed by atoms with van der Waals surface area (Å²) in [6.07, 6.45) is 13.6. The van der Waals surface area contributed by atoms with Crippen molar-refractivity contribution in [3.8, 4) is 0 Å². The van der Waals surface area contributed by atoms with Gasteiger partial charge in [0.05, 0.1) is 12.3 Å². The van der Waals surface area contributed by atoms with Crippen LogP contribution in [0.15, 0.2) is 39.3 Å². The van der Waals surface area contributed by atoms with Gasteiger partial charge in [-0.05, 0) is 103 Å². The molecule has 34 heavy (non-hydrogen) atoms. The second-order valence-electron chi connectivity index (χ2n) is 12.5. The molecule has 3 saturated carbocycles. The third-order valence-electron chi connectivity index (χ3n) is 10.6. The molecule has 0 saturated heterocycles. The average Bonchev–Trinajstić information content (AvgIpc) is 3.16. The second kappa shape index (κ2) is 8.65. The van der Waals surface area contributed by atoms with Crippen molar-refractivity contribution in [2.75, 3.05) is 0 Å². The second-order valence-corrected chi connectivity index (χ2v) is 12.5. The fraction of sp³-hybridized carbons (Fsp3) is 0.724. The van der Waals surface area contributed by atoms with Crippen LogP contribution in [-0.2, 0) is 4.79 Å². The molecule has 1 amide bonds. The van der Waals surface area contributed by atoms with E-state index in [1.54, 1.807) is 17.9 Å². The normalized spacial score (nSPS) is 40.1. The van der Waals surface area contributed by atoms with E-state index in [0.717, 1.165) is 25.2 Å². The highest BCUT2D eigenvalue weighted by molar-refractivity contribution is 5.82. The number of fused-ring (bicyclic) bond motifs is 5. The van der Waals surface area contributed by atoms with Crippen LogP contribution >= 0.6 is 0 Å². The Morgan fingerprint density at radius 1 is 1.15 bits per heavy atom. The van der Waals surface area contributed by atoms with Crippen LogP contribution in [0.1, 0.15) is 90.5 Å². The van der Waals surface area contributed by atoms with Crippen molar-refractivity contribution in [1.82, 2.24) is 5.32 Å². The Kier molecular flexibility index (Phi) is 6.07. The number of nitrogens with one attached hydrogen (secondary N) is 1. The smallest absolute Gasteiger partial charge is 0.335 e. The minimum atomic E-state index is -0.417. The largest absolute Gasteiger partial charge is 0.431 e. The van der Waals surface area contributed by atoms with Crippen LogP contribution in [0.4, 0.5) is 0 Å². The van der Waals surface area contributed by atoms with Gasteiger partial charge in [0.15, 0.2) is 0 Å². The van der Waals surface area contributed by atoms with Crippen LogP contribution in [0.3, 0.4) is 0 Å². The summed E-state index contributed by atoms with van der Waals surface area (Å²) in [4.78, 5) is 24.1. The fourth-order valence-corrected chi connectivity index (χ4v) is 8.39. The van der Waals surface area contributed by atoms with Crippen LogP contribution in [0.25, 0.3) is 0 Å². The molecule has 1 heterocycles. The molecule has 4 aliphatic carbocycles. The lowest BCUT2D eigenvalue weighted by Crippen LogP contribution is -2.55. The summed E-state index contributed by atoms with van der Waals surface area (Å²) in [6.45, 7) is 9.02. The first-order valence-electron chi connectivity index (χ1n) is 13.5. The number of rotatable bonds is 4. The van der Waals surface area contributed by atoms with Crippen LogP contribution in [0.5, 0.6) is 0 Å². The van der Waals surface area contributed by atoms with E-state index < -0.39 is 6.04 Å². The molecular weight excluding hydrogens is 424 g/mol. The number of carbonyl (C=O) groups is 1. The Hall–Kier alpha value is -1.88. The number of amides is 1. The highest BCUT2D eigenvalue weighted by Crippen LogP contribution is 2.67. The van der Waals surface area contributed by atoms with Crippen molar-refractivity contribution in [3.63, 3.8) is 0 Å². The summed E-state index contributed by atoms with van der Waals surface area (Å²) in [7, 11) is 0. The van der Waals surface area contributed by atoms with Crippen LogP contribution in [-0.4, -0.2) is 18.0 Å². The molecule has 1 aromatic rings. The molecule has 5 rings (SSSR count). The number of hydrogen-bond donors (Lipinski definition) is 2. The highest BCUT2D eigenvalue weighted by atomic mass is 16.4. The first kappa shape index (κ1) is 23.8. The molecule has 186 valence electrons. The van der Waals surface area contributed by atoms with Gasteiger partial charge in [0.2, 0.25) is 5.91 Å². The van der Waals surface area contributed by atoms with E-state index >= 15 is 0 Å². The number of allylic oxidation sites excluding steroid dienone is 2. The summed E-state index contributed by atoms with van der Waals surface area (Å²) < 4.78 is 5.24. The van der Waals surface area contributed by atoms with Crippen molar-refractivity contribution in [1.29, 1.82) is 0 Å². The molecule has 0 spiro atoms. The minimum Gasteiger partial charge on any atom is -0.431 e. The molecule has 0 unspecified atom stereocenters. The van der Waals surface area contributed by atoms with E-state index in [0.29, 0.717) is 23.2 Å². The Balaban J connectivity index is 1.30. The molecule has 0 aliphatic heterocycles. The first-order chi connectivity index (χ1) is 16.1. The maximum atomic E-state index is 12.6. The SMILES string of the molecule is CC(C)[C@H](N)C(=O)N[C@H]1CC[C@@]2(C)[C@H](CC[C@H]3C4=CC[C@H](c5ccc(=O)oc5)[C@@]4(C)CC[C@@H]32)C1. The number of hydrogen-bond acceptors (Lipinski definition) is 4. The lowest BCUT2D eigenvalue weighted by Gasteiger charge is -2.60. The number of nitrogens with two attached hydrogens (primary N) is 1. The Labute approximate surface area is 203 Å². The predicted molar refractivity (Wildman–Crippen MR) is 134 cm³/mol. The van der Waals surface area contributed by atoms with E-state index in [1.165, 1.54) is 37.7 Å². The molecule has 1 aromatic heterocycles. The first-order valence-corrected chi connectivity index (χ1v) is 13.5. The van der Waals surface area contributed by atoms with Gasteiger partial charge in [-0.25, -0.2) is 4.79 Å². The molecule has 5 heteroatoms. The van der Waals surface area contributed by atoms with Gasteiger partial charge in [0.1, 0.15) is 0 Å². The Morgan fingerprint density at radius 2 is 1.94 bits per heavy atom. The maximum Gasteiger partial charge on any atom is 0.335 e. The molecule has 0 aromatic carbocycles. The van der Waals surface area contributed by atoms with Gasteiger partial charge in [-0.2, -0.15) is 0 Å². The van der Waals surface area contributed by atoms with E-state index in [-0.39, 0.29) is 28.9 Å². The van der Waals surface area contributed by atoms with Crippen LogP contribution in [0, 0.1) is 34.5 Å². The minimum absolute atomic E-state index is 0.0182. The molecule has 0 radical (unpaired) electrons. The zero-order valence-electron chi connectivity index (χ0n) is 21.3. The van der Waals surface area contributed by atoms with Gasteiger partial charge in [-0.15, -0.1) is 0 Å². The topological polar surface area (TPSA) is 85.3 Å². The summed E-state index contributed by atoms with van der Waals surface area (Å²) in [5, 5.41) is 3.29. The van der Waals surface area contributed by atoms with Crippen molar-refractivity contribution in [3.05, 3.63) is 46.0 Å². The van der Waals surface area contributed by atoms with Gasteiger partial charge in [-0.1, -0.05) is 39.3 Å². The molecule has 3 fully saturated rings. The lowest BCUT2D eigenvalue weighted by atomic mass is 9.45. The quantitative estimate of drug-likeness (QED) is 0.601. The molecule has 5 nitrogen and oxygen atoms in total. The van der Waals surface area contributed by atoms with E-state index in [9.17, 15) is 9.59 Å². The molecule has 4 aliphatic rings. The van der Waals surface area contributed by atoms with Crippen LogP contribution in [0.2, 0.25) is 0 Å². The lowest BCUT2D eigenvalue weighted by molar-refractivity contribution is -0.125. The van der Waals surface area contributed by atoms with E-state index in [1.807, 2.05) is 19.9 Å². The third kappa shape index (κ3) is 3.79. The van der Waals surface area contributed by atoms with Crippen LogP contribution < -0.4 is 16.7 Å². The molecular formula is C29H42N2O3. The zero-order valence-corrected chi connectivity index (χ0v) is 21.3. The van der Waals surface area contributed by atoms with Gasteiger partial charge in [0, 0.05) is 12.1 Å². The summed E-state index contributed by atoms with van der Waals surface area (Å²) in [5.41, 5.74) is 9.20. The maximum absolute atomic E-state index is 12.6. The van der Waals surface area contributed by atoms with E-state index in [4.69, 9.17) is 10.2 Å². The third-order valence-corrected chi connectivity index (χ3v) is 10.6. The monoisotopic (exact) mass is 466 g/mol. The molecule has 3 N–H and O–H groups in total. The average molecular weight is 467 g/mol. The van der Waals surface area contributed by atoms with Gasteiger partial charge in [-0.3, -0.25) is 4.79 Å². The fourth-order valence-electron chi connectivity index (χ4n) is 8.39. The Bertz CT molecular complexity index is 1010. The zero-order chi connectivity index (χ0) is 24.3. The van der Waals surface area contributed by atoms with Gasteiger partial charge >= 0.3 is 5.63 Å². The van der Waals surface area contributed by atoms with Crippen molar-refractivity contribution >= 4 is 5.91 Å². The van der Waals surface area contributed by atoms with Gasteiger partial charge < -0.3 is 15.5 Å². The van der Waals surface area contributed by atoms with Crippen molar-refractivity contribution < 1.29 is 9.21 Å². The Morgan fingerprint density at radius 3 is 2.65 bits per heavy atom. The predicted octanol–water partition coefficient (Wildman–Crippen LogP) is 5.15. The van der Waals surface area contributed by atoms with Crippen molar-refractivity contribution in [2.45, 2.75) is 97.1 Å². The number of carbonyl (C=O) groups excluding carboxylic acids is 1. The highest BCUT2D eigenvalue weighted by Gasteiger charge is 2.57. The van der Waals surface area contributed by atoms with Crippen molar-refractivity contribution in [2.24, 2.45) is 40.2 Å². The summed E-state index contributed by atoms with van der Waals surface area (Å²) in [5.74, 6) is 2.66. The standard InChI is InChI=1S/C29H42N2O3/c1-17(2)26(30)27(33)31-20-11-13-28(3)19(15-20)6-7-21-23-9-8-22(18-5-10-25(32)34-16-18)29(23,4)14-12-24(21)28/h5,9-10,16-17,19-22,24,26H,6-8,11-15,30H2,1-4H3,(H,31,33)/t19-,20+,21+,22-,24+,26+,28+,29-/m1/s1. The summed E-state index contributed by atoms with van der Waals surface area (Å²) >= 11 is 0.